The van der Waals surface area contributed by atoms with Gasteiger partial charge in [-0.3, -0.25) is 9.97 Å². The van der Waals surface area contributed by atoms with E-state index in [4.69, 9.17) is 19.9 Å². The van der Waals surface area contributed by atoms with Crippen LogP contribution in [0.2, 0.25) is 0 Å². The van der Waals surface area contributed by atoms with Gasteiger partial charge in [-0.05, 0) is 152 Å². The van der Waals surface area contributed by atoms with Crippen molar-refractivity contribution in [3.8, 4) is 100 Å². The molecule has 4 nitrogen and oxygen atoms in total. The minimum absolute atomic E-state index is 0.0372. The molecule has 21 aromatic rings. The standard InChI is InChI=1S/C55H36N2S.C49H32N2S/c1-55(2)48-26-8-7-19-42(48)43-28-27-36(31-49(43)55)39-23-12-25-47-46-24-11-22-38(53(46)58-54(39)47)35-15-9-13-33(29-35)34-14-10-16-37(30-34)50-32-56-51-44-20-5-3-17-40(44)41-18-4-6-21-45(41)52(51)57-50;1-49(2)42-23-8-7-16-36(42)37-25-24-30(27-43(37)49)33-20-11-22-41-40-21-10-19-32(47(40)52-48(33)41)29-12-9-13-31(26-29)44-28-50-45-38-17-5-3-14-34(38)35-15-4-6-18-39(35)46(45)51-44/h3-32H,1-2H3;3-28H,1-2H3. The molecule has 2 aliphatic rings. The number of thiophene rings is 2. The minimum atomic E-state index is -0.0409. The molecular weight excluding hydrogens is 1370 g/mol. The van der Waals surface area contributed by atoms with E-state index in [2.05, 4.69) is 355 Å². The lowest BCUT2D eigenvalue weighted by Crippen LogP contribution is -2.14. The highest BCUT2D eigenvalue weighted by atomic mass is 32.1. The lowest BCUT2D eigenvalue weighted by molar-refractivity contribution is 0.660. The third-order valence-corrected chi connectivity index (χ3v) is 26.4. The van der Waals surface area contributed by atoms with Gasteiger partial charge >= 0.3 is 0 Å². The summed E-state index contributed by atoms with van der Waals surface area (Å²) in [6.07, 6.45) is 3.86. The van der Waals surface area contributed by atoms with E-state index in [1.807, 2.05) is 35.1 Å². The fraction of sp³-hybridized carbons (Fsp3) is 0.0577. The summed E-state index contributed by atoms with van der Waals surface area (Å²) in [6, 6.07) is 120. The Balaban J connectivity index is 0.000000136. The summed E-state index contributed by atoms with van der Waals surface area (Å²) in [5.74, 6) is 0. The minimum Gasteiger partial charge on any atom is -0.252 e. The van der Waals surface area contributed by atoms with Gasteiger partial charge in [0.25, 0.3) is 0 Å². The Labute approximate surface area is 644 Å². The topological polar surface area (TPSA) is 51.6 Å². The number of rotatable bonds is 7. The molecule has 0 saturated heterocycles. The number of nitrogens with zero attached hydrogens (tertiary/aromatic N) is 4. The number of hydrogen-bond acceptors (Lipinski definition) is 6. The first-order valence-electron chi connectivity index (χ1n) is 37.9. The average molecular weight is 1440 g/mol. The number of aromatic nitrogens is 4. The summed E-state index contributed by atoms with van der Waals surface area (Å²) in [5, 5.41) is 14.5. The normalized spacial score (nSPS) is 13.2. The van der Waals surface area contributed by atoms with E-state index in [1.54, 1.807) is 0 Å². The van der Waals surface area contributed by atoms with Gasteiger partial charge in [-0.15, -0.1) is 22.7 Å². The lowest BCUT2D eigenvalue weighted by atomic mass is 9.81. The van der Waals surface area contributed by atoms with Crippen LogP contribution in [0.3, 0.4) is 0 Å². The van der Waals surface area contributed by atoms with Crippen molar-refractivity contribution in [2.45, 2.75) is 38.5 Å². The molecule has 4 aromatic heterocycles. The van der Waals surface area contributed by atoms with E-state index in [0.717, 1.165) is 71.7 Å². The number of fused-ring (bicyclic) bond motifs is 24. The molecule has 0 saturated carbocycles. The average Bonchev–Trinajstić information content (AvgIpc) is 1.45. The van der Waals surface area contributed by atoms with Crippen molar-refractivity contribution in [3.63, 3.8) is 0 Å². The highest BCUT2D eigenvalue weighted by Crippen LogP contribution is 2.54. The van der Waals surface area contributed by atoms with Gasteiger partial charge in [0, 0.05) is 83.8 Å². The zero-order valence-electron chi connectivity index (χ0n) is 60.9. The maximum atomic E-state index is 5.29. The van der Waals surface area contributed by atoms with Gasteiger partial charge in [0.1, 0.15) is 0 Å². The predicted octanol–water partition coefficient (Wildman–Crippen LogP) is 28.9. The summed E-state index contributed by atoms with van der Waals surface area (Å²) in [7, 11) is 0. The van der Waals surface area contributed by atoms with Crippen LogP contribution in [-0.2, 0) is 10.8 Å². The second kappa shape index (κ2) is 24.7. The molecule has 516 valence electrons. The molecule has 0 fully saturated rings. The highest BCUT2D eigenvalue weighted by molar-refractivity contribution is 7.27. The summed E-state index contributed by atoms with van der Waals surface area (Å²) < 4.78 is 5.28. The molecule has 0 spiro atoms. The van der Waals surface area contributed by atoms with Gasteiger partial charge in [-0.1, -0.05) is 325 Å². The predicted molar refractivity (Wildman–Crippen MR) is 468 cm³/mol. The Bertz CT molecular complexity index is 7430. The van der Waals surface area contributed by atoms with E-state index in [1.165, 1.54) is 156 Å². The van der Waals surface area contributed by atoms with Crippen LogP contribution in [-0.4, -0.2) is 19.9 Å². The van der Waals surface area contributed by atoms with Gasteiger partial charge in [0.05, 0.1) is 45.8 Å². The van der Waals surface area contributed by atoms with Gasteiger partial charge in [0.2, 0.25) is 0 Å². The van der Waals surface area contributed by atoms with Gasteiger partial charge in [-0.2, -0.15) is 0 Å². The molecule has 23 rings (SSSR count). The van der Waals surface area contributed by atoms with Crippen LogP contribution in [0.25, 0.3) is 206 Å². The van der Waals surface area contributed by atoms with Gasteiger partial charge < -0.3 is 0 Å². The molecule has 0 amide bonds. The highest BCUT2D eigenvalue weighted by Gasteiger charge is 2.37. The molecule has 0 bridgehead atoms. The molecule has 2 aliphatic carbocycles. The van der Waals surface area contributed by atoms with E-state index in [0.29, 0.717) is 0 Å². The van der Waals surface area contributed by atoms with E-state index >= 15 is 0 Å². The first kappa shape index (κ1) is 64.1. The Kier molecular flexibility index (Phi) is 14.4. The fourth-order valence-electron chi connectivity index (χ4n) is 18.4. The van der Waals surface area contributed by atoms with Crippen molar-refractivity contribution < 1.29 is 0 Å². The van der Waals surface area contributed by atoms with Crippen LogP contribution in [0, 0.1) is 0 Å². The Morgan fingerprint density at radius 3 is 0.845 bits per heavy atom. The molecule has 0 unspecified atom stereocenters. The zero-order valence-corrected chi connectivity index (χ0v) is 62.6. The summed E-state index contributed by atoms with van der Waals surface area (Å²) in [6.45, 7) is 9.43. The Morgan fingerprint density at radius 1 is 0.200 bits per heavy atom. The fourth-order valence-corrected chi connectivity index (χ4v) is 21.1. The summed E-state index contributed by atoms with van der Waals surface area (Å²) in [5.41, 5.74) is 30.9. The molecule has 110 heavy (non-hydrogen) atoms. The molecule has 0 atom stereocenters. The van der Waals surface area contributed by atoms with E-state index in [9.17, 15) is 0 Å². The monoisotopic (exact) mass is 1440 g/mol. The molecule has 4 heterocycles. The molecule has 0 aliphatic heterocycles. The van der Waals surface area contributed by atoms with Crippen LogP contribution in [0.4, 0.5) is 0 Å². The number of benzene rings is 17. The molecular formula is C104H68N4S2. The van der Waals surface area contributed by atoms with Crippen molar-refractivity contribution in [2.24, 2.45) is 0 Å². The molecule has 0 N–H and O–H groups in total. The first-order chi connectivity index (χ1) is 54.1. The Hall–Kier alpha value is -13.1. The van der Waals surface area contributed by atoms with Gasteiger partial charge in [0.15, 0.2) is 0 Å². The van der Waals surface area contributed by atoms with Crippen molar-refractivity contribution >= 4 is 128 Å². The second-order valence-electron chi connectivity index (χ2n) is 30.6. The summed E-state index contributed by atoms with van der Waals surface area (Å²) >= 11 is 3.82. The first-order valence-corrected chi connectivity index (χ1v) is 39.5. The van der Waals surface area contributed by atoms with Crippen molar-refractivity contribution in [1.29, 1.82) is 0 Å². The second-order valence-corrected chi connectivity index (χ2v) is 32.7. The summed E-state index contributed by atoms with van der Waals surface area (Å²) in [4.78, 5) is 20.6. The van der Waals surface area contributed by atoms with Crippen molar-refractivity contribution in [2.75, 3.05) is 0 Å². The maximum absolute atomic E-state index is 5.29. The third-order valence-electron chi connectivity index (χ3n) is 23.8. The SMILES string of the molecule is CC1(C)c2ccccc2-c2ccc(-c3cccc4c3sc3c(-c5cccc(-c6cccc(-c7cnc8c9ccccc9c9ccccc9c8n7)c6)c5)cccc34)cc21.CC1(C)c2ccccc2-c2ccc(-c3cccc4c3sc3c(-c5cccc(-c6cnc7c8ccccc8c8ccccc8c7n6)c5)cccc34)cc21. The quantitative estimate of drug-likeness (QED) is 0.149. The van der Waals surface area contributed by atoms with Crippen LogP contribution in [0.15, 0.2) is 340 Å². The molecule has 6 heteroatoms. The largest absolute Gasteiger partial charge is 0.252 e. The molecule has 17 aromatic carbocycles. The maximum Gasteiger partial charge on any atom is 0.0979 e. The van der Waals surface area contributed by atoms with Crippen LogP contribution in [0.5, 0.6) is 0 Å². The van der Waals surface area contributed by atoms with Crippen LogP contribution in [0.1, 0.15) is 49.9 Å². The van der Waals surface area contributed by atoms with Gasteiger partial charge in [-0.25, -0.2) is 9.97 Å². The smallest absolute Gasteiger partial charge is 0.0979 e. The number of hydrogen-bond donors (Lipinski definition) is 0. The lowest BCUT2D eigenvalue weighted by Gasteiger charge is -2.22. The van der Waals surface area contributed by atoms with Crippen LogP contribution >= 0.6 is 22.7 Å². The third kappa shape index (κ3) is 9.89. The zero-order chi connectivity index (χ0) is 73.1. The van der Waals surface area contributed by atoms with E-state index < -0.39 is 0 Å². The molecule has 0 radical (unpaired) electrons. The van der Waals surface area contributed by atoms with E-state index in [-0.39, 0.29) is 10.8 Å². The van der Waals surface area contributed by atoms with Crippen molar-refractivity contribution in [3.05, 3.63) is 362 Å². The van der Waals surface area contributed by atoms with Crippen LogP contribution < -0.4 is 0 Å². The Morgan fingerprint density at radius 2 is 0.464 bits per heavy atom. The van der Waals surface area contributed by atoms with Crippen molar-refractivity contribution in [1.82, 2.24) is 19.9 Å².